The highest BCUT2D eigenvalue weighted by molar-refractivity contribution is 8.27. The Kier molecular flexibility index (Phi) is 7.27. The number of nitrogens with one attached hydrogen (secondary N) is 1. The van der Waals surface area contributed by atoms with Gasteiger partial charge in [-0.3, -0.25) is 15.2 Å². The Morgan fingerprint density at radius 2 is 1.86 bits per heavy atom. The van der Waals surface area contributed by atoms with E-state index in [9.17, 15) is 4.79 Å². The third kappa shape index (κ3) is 5.54. The summed E-state index contributed by atoms with van der Waals surface area (Å²) >= 11 is 1.23. The van der Waals surface area contributed by atoms with Crippen LogP contribution in [0.3, 0.4) is 0 Å². The van der Waals surface area contributed by atoms with Gasteiger partial charge in [-0.15, -0.1) is 0 Å². The number of thioether (sulfide) groups is 1. The van der Waals surface area contributed by atoms with E-state index < -0.39 is 5.91 Å². The van der Waals surface area contributed by atoms with E-state index in [1.165, 1.54) is 16.8 Å². The van der Waals surface area contributed by atoms with Crippen LogP contribution in [0.5, 0.6) is 17.2 Å². The molecule has 3 aromatic rings. The van der Waals surface area contributed by atoms with Crippen LogP contribution in [0, 0.1) is 5.41 Å². The van der Waals surface area contributed by atoms with E-state index >= 15 is 0 Å². The minimum absolute atomic E-state index is 0.0425. The Morgan fingerprint density at radius 1 is 1.03 bits per heavy atom. The lowest BCUT2D eigenvalue weighted by atomic mass is 10.1. The van der Waals surface area contributed by atoms with Crippen LogP contribution in [0.15, 0.2) is 88.7 Å². The highest BCUT2D eigenvalue weighted by Gasteiger charge is 2.36. The predicted octanol–water partition coefficient (Wildman–Crippen LogP) is 4.61. The van der Waals surface area contributed by atoms with E-state index in [2.05, 4.69) is 15.1 Å². The van der Waals surface area contributed by atoms with Crippen LogP contribution in [0.1, 0.15) is 17.5 Å². The number of carbonyl (C=O) groups is 1. The van der Waals surface area contributed by atoms with E-state index in [1.807, 2.05) is 36.4 Å². The van der Waals surface area contributed by atoms with Gasteiger partial charge in [-0.2, -0.15) is 15.1 Å². The number of aliphatic imine (C=N–C) groups is 1. The molecular formula is C27H23N5O4S. The van der Waals surface area contributed by atoms with E-state index in [0.29, 0.717) is 46.9 Å². The summed E-state index contributed by atoms with van der Waals surface area (Å²) in [5, 5.41) is 15.4. The summed E-state index contributed by atoms with van der Waals surface area (Å²) in [6.45, 7) is 0.983. The van der Waals surface area contributed by atoms with Crippen LogP contribution < -0.4 is 14.2 Å². The molecule has 0 spiro atoms. The molecule has 0 saturated carbocycles. The lowest BCUT2D eigenvalue weighted by Crippen LogP contribution is -2.35. The number of para-hydroxylation sites is 1. The smallest absolute Gasteiger partial charge is 0.283 e. The van der Waals surface area contributed by atoms with Gasteiger partial charge in [0.05, 0.1) is 25.9 Å². The Bertz CT molecular complexity index is 1410. The van der Waals surface area contributed by atoms with Gasteiger partial charge < -0.3 is 14.2 Å². The second-order valence-corrected chi connectivity index (χ2v) is 8.90. The third-order valence-electron chi connectivity index (χ3n) is 5.42. The fraction of sp³-hybridized carbons (Fsp3) is 0.148. The zero-order valence-corrected chi connectivity index (χ0v) is 20.8. The molecule has 2 aliphatic rings. The molecule has 0 atom stereocenters. The van der Waals surface area contributed by atoms with Gasteiger partial charge in [0.1, 0.15) is 10.8 Å². The molecule has 1 amide bonds. The average Bonchev–Trinajstić information content (AvgIpc) is 3.36. The van der Waals surface area contributed by atoms with Gasteiger partial charge in [0.15, 0.2) is 17.3 Å². The van der Waals surface area contributed by atoms with Gasteiger partial charge >= 0.3 is 0 Å². The Hall–Kier alpha value is -4.44. The number of carbonyl (C=O) groups excluding carboxylic acids is 1. The van der Waals surface area contributed by atoms with Crippen molar-refractivity contribution in [3.05, 3.63) is 89.8 Å². The molecule has 1 N–H and O–H groups in total. The molecule has 0 unspecified atom stereocenters. The van der Waals surface area contributed by atoms with Crippen LogP contribution in [-0.2, 0) is 4.79 Å². The molecule has 37 heavy (non-hydrogen) atoms. The van der Waals surface area contributed by atoms with Gasteiger partial charge in [-0.1, -0.05) is 24.3 Å². The zero-order chi connectivity index (χ0) is 25.6. The summed E-state index contributed by atoms with van der Waals surface area (Å²) in [5.41, 5.74) is 1.60. The summed E-state index contributed by atoms with van der Waals surface area (Å²) in [6, 6.07) is 18.6. The van der Waals surface area contributed by atoms with Crippen LogP contribution in [-0.4, -0.2) is 52.3 Å². The van der Waals surface area contributed by atoms with Gasteiger partial charge in [0.2, 0.25) is 5.17 Å². The minimum atomic E-state index is -0.496. The molecule has 0 radical (unpaired) electrons. The van der Waals surface area contributed by atoms with Crippen LogP contribution in [0.4, 0.5) is 0 Å². The zero-order valence-electron chi connectivity index (χ0n) is 20.0. The molecule has 0 saturated heterocycles. The molecule has 186 valence electrons. The maximum absolute atomic E-state index is 12.8. The molecule has 10 heteroatoms. The normalized spacial score (nSPS) is 15.8. The number of hydrogen-bond acceptors (Lipinski definition) is 8. The summed E-state index contributed by atoms with van der Waals surface area (Å²) < 4.78 is 17.1. The number of methoxy groups -OCH3 is 1. The number of fused-ring (bicyclic) bond motifs is 1. The van der Waals surface area contributed by atoms with Crippen LogP contribution >= 0.6 is 11.8 Å². The maximum atomic E-state index is 12.8. The number of hydrazone groups is 1. The molecular weight excluding hydrogens is 490 g/mol. The second kappa shape index (κ2) is 11.1. The lowest BCUT2D eigenvalue weighted by Gasteiger charge is -2.20. The van der Waals surface area contributed by atoms with Gasteiger partial charge in [0.25, 0.3) is 5.91 Å². The number of ether oxygens (including phenoxy) is 3. The fourth-order valence-corrected chi connectivity index (χ4v) is 4.49. The summed E-state index contributed by atoms with van der Waals surface area (Å²) in [6.07, 6.45) is 5.66. The Balaban J connectivity index is 1.25. The summed E-state index contributed by atoms with van der Waals surface area (Å²) in [5.74, 6) is 1.38. The third-order valence-corrected chi connectivity index (χ3v) is 6.38. The van der Waals surface area contributed by atoms with E-state index in [1.54, 1.807) is 49.8 Å². The molecule has 5 rings (SSSR count). The average molecular weight is 514 g/mol. The maximum Gasteiger partial charge on any atom is 0.283 e. The quantitative estimate of drug-likeness (QED) is 0.329. The van der Waals surface area contributed by atoms with Crippen molar-refractivity contribution in [2.75, 3.05) is 20.3 Å². The van der Waals surface area contributed by atoms with Crippen molar-refractivity contribution < 1.29 is 19.0 Å². The van der Waals surface area contributed by atoms with Crippen molar-refractivity contribution in [2.24, 2.45) is 10.1 Å². The van der Waals surface area contributed by atoms with E-state index in [0.717, 1.165) is 11.3 Å². The minimum Gasteiger partial charge on any atom is -0.493 e. The molecule has 0 aliphatic carbocycles. The molecule has 3 heterocycles. The standard InChI is InChI=1S/C27H23N5O4S/c1-34-23-16-18(10-11-22(23)36-14-6-13-35-20-8-3-2-4-9-20)15-21-24(28)32-27(30-25(21)33)37-26(31-32)19-7-5-12-29-17-19/h2-5,7-12,15-17,28H,6,13-14H2,1H3/b21-15-,28-24?. The first kappa shape index (κ1) is 24.3. The van der Waals surface area contributed by atoms with Crippen molar-refractivity contribution in [1.29, 1.82) is 5.41 Å². The van der Waals surface area contributed by atoms with Crippen LogP contribution in [0.2, 0.25) is 0 Å². The fourth-order valence-electron chi connectivity index (χ4n) is 3.61. The molecule has 1 aromatic heterocycles. The highest BCUT2D eigenvalue weighted by atomic mass is 32.2. The first-order chi connectivity index (χ1) is 18.1. The number of pyridine rings is 1. The summed E-state index contributed by atoms with van der Waals surface area (Å²) in [4.78, 5) is 21.0. The Morgan fingerprint density at radius 3 is 2.65 bits per heavy atom. The van der Waals surface area contributed by atoms with Crippen molar-refractivity contribution in [3.8, 4) is 17.2 Å². The summed E-state index contributed by atoms with van der Waals surface area (Å²) in [7, 11) is 1.55. The molecule has 0 bridgehead atoms. The lowest BCUT2D eigenvalue weighted by molar-refractivity contribution is -0.114. The number of rotatable bonds is 9. The van der Waals surface area contributed by atoms with Crippen molar-refractivity contribution >= 4 is 39.8 Å². The molecule has 0 fully saturated rings. The predicted molar refractivity (Wildman–Crippen MR) is 143 cm³/mol. The van der Waals surface area contributed by atoms with Crippen LogP contribution in [0.25, 0.3) is 6.08 Å². The first-order valence-corrected chi connectivity index (χ1v) is 12.3. The number of amidine groups is 2. The number of amides is 1. The topological polar surface area (TPSA) is 109 Å². The van der Waals surface area contributed by atoms with Crippen molar-refractivity contribution in [2.45, 2.75) is 6.42 Å². The van der Waals surface area contributed by atoms with Crippen molar-refractivity contribution in [3.63, 3.8) is 0 Å². The van der Waals surface area contributed by atoms with E-state index in [4.69, 9.17) is 19.6 Å². The molecule has 2 aliphatic heterocycles. The first-order valence-electron chi connectivity index (χ1n) is 11.5. The van der Waals surface area contributed by atoms with Gasteiger partial charge in [0, 0.05) is 24.4 Å². The number of benzene rings is 2. The van der Waals surface area contributed by atoms with E-state index in [-0.39, 0.29) is 11.4 Å². The molecule has 2 aromatic carbocycles. The SMILES string of the molecule is COc1cc(/C=C2/C(=N)N3N=C(c4cccnc4)SC3=NC2=O)ccc1OCCCOc1ccccc1. The second-order valence-electron chi connectivity index (χ2n) is 7.94. The van der Waals surface area contributed by atoms with Crippen molar-refractivity contribution in [1.82, 2.24) is 9.99 Å². The number of nitrogens with zero attached hydrogens (tertiary/aromatic N) is 4. The highest BCUT2D eigenvalue weighted by Crippen LogP contribution is 2.32. The van der Waals surface area contributed by atoms with Gasteiger partial charge in [-0.05, 0) is 59.8 Å². The number of aromatic nitrogens is 1. The Labute approximate surface area is 218 Å². The molecule has 9 nitrogen and oxygen atoms in total. The monoisotopic (exact) mass is 513 g/mol. The largest absolute Gasteiger partial charge is 0.493 e. The number of hydrogen-bond donors (Lipinski definition) is 1. The van der Waals surface area contributed by atoms with Gasteiger partial charge in [-0.25, -0.2) is 0 Å².